The van der Waals surface area contributed by atoms with Crippen molar-refractivity contribution in [2.75, 3.05) is 5.32 Å². The third kappa shape index (κ3) is 3.77. The minimum Gasteiger partial charge on any atom is -0.380 e. The summed E-state index contributed by atoms with van der Waals surface area (Å²) < 4.78 is 13.6. The Hall–Kier alpha value is -2.46. The average molecular weight is 350 g/mol. The molecule has 0 radical (unpaired) electrons. The second-order valence-electron chi connectivity index (χ2n) is 4.23. The van der Waals surface area contributed by atoms with Crippen LogP contribution in [0.1, 0.15) is 11.1 Å². The summed E-state index contributed by atoms with van der Waals surface area (Å²) in [4.78, 5) is 10.3. The molecular weight excluding hydrogens is 341 g/mol. The molecule has 0 saturated heterocycles. The van der Waals surface area contributed by atoms with E-state index in [1.165, 1.54) is 24.3 Å². The summed E-state index contributed by atoms with van der Waals surface area (Å²) in [6.07, 6.45) is 0. The molecular formula is C14H9BrFN3O2. The number of nitro benzene ring substituents is 1. The zero-order valence-corrected chi connectivity index (χ0v) is 12.2. The van der Waals surface area contributed by atoms with Gasteiger partial charge in [0.15, 0.2) is 0 Å². The first kappa shape index (κ1) is 14.9. The van der Waals surface area contributed by atoms with Gasteiger partial charge in [0.1, 0.15) is 11.9 Å². The maximum absolute atomic E-state index is 13.0. The molecule has 0 aliphatic rings. The van der Waals surface area contributed by atoms with Gasteiger partial charge < -0.3 is 5.32 Å². The Morgan fingerprint density at radius 1 is 1.33 bits per heavy atom. The second-order valence-corrected chi connectivity index (χ2v) is 5.15. The molecule has 7 heteroatoms. The maximum atomic E-state index is 13.0. The number of hydrogen-bond donors (Lipinski definition) is 1. The van der Waals surface area contributed by atoms with Crippen LogP contribution in [0.25, 0.3) is 0 Å². The lowest BCUT2D eigenvalue weighted by Gasteiger charge is -2.08. The molecule has 0 amide bonds. The SMILES string of the molecule is N#Cc1cc(F)ccc1NCc1cc(Br)cc([N+](=O)[O-])c1. The van der Waals surface area contributed by atoms with Gasteiger partial charge in [0.2, 0.25) is 0 Å². The summed E-state index contributed by atoms with van der Waals surface area (Å²) in [6, 6.07) is 10.3. The van der Waals surface area contributed by atoms with Gasteiger partial charge in [0.25, 0.3) is 5.69 Å². The van der Waals surface area contributed by atoms with E-state index in [4.69, 9.17) is 5.26 Å². The lowest BCUT2D eigenvalue weighted by molar-refractivity contribution is -0.385. The molecule has 21 heavy (non-hydrogen) atoms. The predicted octanol–water partition coefficient (Wildman–Crippen LogP) is 3.98. The highest BCUT2D eigenvalue weighted by molar-refractivity contribution is 9.10. The van der Waals surface area contributed by atoms with E-state index in [1.54, 1.807) is 6.07 Å². The number of benzene rings is 2. The number of non-ortho nitro benzene ring substituents is 1. The normalized spacial score (nSPS) is 9.95. The van der Waals surface area contributed by atoms with Gasteiger partial charge in [-0.2, -0.15) is 5.26 Å². The van der Waals surface area contributed by atoms with Crippen LogP contribution in [0.3, 0.4) is 0 Å². The van der Waals surface area contributed by atoms with E-state index in [-0.39, 0.29) is 17.8 Å². The number of anilines is 1. The van der Waals surface area contributed by atoms with Crippen LogP contribution in [0.15, 0.2) is 40.9 Å². The number of rotatable bonds is 4. The maximum Gasteiger partial charge on any atom is 0.270 e. The summed E-state index contributed by atoms with van der Waals surface area (Å²) >= 11 is 3.21. The standard InChI is InChI=1S/C14H9BrFN3O2/c15-11-3-9(4-13(6-11)19(20)21)8-18-14-2-1-12(16)5-10(14)7-17/h1-6,18H,8H2. The minimum absolute atomic E-state index is 0.0270. The molecule has 2 aromatic carbocycles. The molecule has 0 saturated carbocycles. The van der Waals surface area contributed by atoms with Crippen molar-refractivity contribution in [3.05, 3.63) is 67.9 Å². The van der Waals surface area contributed by atoms with Crippen molar-refractivity contribution in [3.63, 3.8) is 0 Å². The molecule has 2 aromatic rings. The first-order chi connectivity index (χ1) is 9.99. The van der Waals surface area contributed by atoms with Gasteiger partial charge in [0.05, 0.1) is 16.2 Å². The fourth-order valence-corrected chi connectivity index (χ4v) is 2.33. The molecule has 0 aromatic heterocycles. The van der Waals surface area contributed by atoms with Crippen LogP contribution in [-0.2, 0) is 6.54 Å². The fourth-order valence-electron chi connectivity index (χ4n) is 1.80. The van der Waals surface area contributed by atoms with Crippen molar-refractivity contribution < 1.29 is 9.31 Å². The summed E-state index contributed by atoms with van der Waals surface area (Å²) in [6.45, 7) is 0.278. The van der Waals surface area contributed by atoms with E-state index in [9.17, 15) is 14.5 Å². The Morgan fingerprint density at radius 3 is 2.76 bits per heavy atom. The first-order valence-electron chi connectivity index (χ1n) is 5.87. The van der Waals surface area contributed by atoms with Crippen LogP contribution >= 0.6 is 15.9 Å². The highest BCUT2D eigenvalue weighted by Gasteiger charge is 2.09. The van der Waals surface area contributed by atoms with Gasteiger partial charge in [-0.3, -0.25) is 10.1 Å². The lowest BCUT2D eigenvalue weighted by Crippen LogP contribution is -2.02. The van der Waals surface area contributed by atoms with Crippen molar-refractivity contribution in [2.24, 2.45) is 0 Å². The number of nitro groups is 1. The summed E-state index contributed by atoms with van der Waals surface area (Å²) in [5.74, 6) is -0.491. The van der Waals surface area contributed by atoms with E-state index >= 15 is 0 Å². The monoisotopic (exact) mass is 349 g/mol. The van der Waals surface area contributed by atoms with Crippen LogP contribution in [-0.4, -0.2) is 4.92 Å². The van der Waals surface area contributed by atoms with Crippen LogP contribution in [0, 0.1) is 27.3 Å². The van der Waals surface area contributed by atoms with Crippen LogP contribution in [0.5, 0.6) is 0 Å². The van der Waals surface area contributed by atoms with Gasteiger partial charge in [0, 0.05) is 23.2 Å². The number of nitriles is 1. The summed E-state index contributed by atoms with van der Waals surface area (Å²) in [7, 11) is 0. The zero-order valence-electron chi connectivity index (χ0n) is 10.6. The quantitative estimate of drug-likeness (QED) is 0.668. The molecule has 0 spiro atoms. The third-order valence-electron chi connectivity index (χ3n) is 2.74. The average Bonchev–Trinajstić information content (AvgIpc) is 2.45. The molecule has 0 unspecified atom stereocenters. The molecule has 2 rings (SSSR count). The van der Waals surface area contributed by atoms with Crippen LogP contribution < -0.4 is 5.32 Å². The minimum atomic E-state index is -0.491. The van der Waals surface area contributed by atoms with Gasteiger partial charge in [-0.05, 0) is 29.8 Å². The Bertz CT molecular complexity index is 743. The summed E-state index contributed by atoms with van der Waals surface area (Å²) in [5.41, 5.74) is 1.30. The predicted molar refractivity (Wildman–Crippen MR) is 79.2 cm³/mol. The molecule has 0 aliphatic heterocycles. The Balaban J connectivity index is 2.21. The van der Waals surface area contributed by atoms with Gasteiger partial charge >= 0.3 is 0 Å². The van der Waals surface area contributed by atoms with Crippen molar-refractivity contribution in [3.8, 4) is 6.07 Å². The van der Waals surface area contributed by atoms with Crippen molar-refractivity contribution in [1.29, 1.82) is 5.26 Å². The van der Waals surface area contributed by atoms with E-state index in [1.807, 2.05) is 6.07 Å². The molecule has 0 fully saturated rings. The second kappa shape index (κ2) is 6.33. The van der Waals surface area contributed by atoms with E-state index in [2.05, 4.69) is 21.2 Å². The largest absolute Gasteiger partial charge is 0.380 e. The number of hydrogen-bond acceptors (Lipinski definition) is 4. The highest BCUT2D eigenvalue weighted by Crippen LogP contribution is 2.23. The number of nitrogens with zero attached hydrogens (tertiary/aromatic N) is 2. The topological polar surface area (TPSA) is 79.0 Å². The van der Waals surface area contributed by atoms with Crippen LogP contribution in [0.2, 0.25) is 0 Å². The first-order valence-corrected chi connectivity index (χ1v) is 6.66. The number of halogens is 2. The third-order valence-corrected chi connectivity index (χ3v) is 3.20. The molecule has 0 aliphatic carbocycles. The number of nitrogens with one attached hydrogen (secondary N) is 1. The lowest BCUT2D eigenvalue weighted by atomic mass is 10.1. The zero-order chi connectivity index (χ0) is 15.4. The highest BCUT2D eigenvalue weighted by atomic mass is 79.9. The molecule has 5 nitrogen and oxygen atoms in total. The van der Waals surface area contributed by atoms with Gasteiger partial charge in [-0.25, -0.2) is 4.39 Å². The molecule has 1 N–H and O–H groups in total. The smallest absolute Gasteiger partial charge is 0.270 e. The molecule has 106 valence electrons. The van der Waals surface area contributed by atoms with E-state index in [0.29, 0.717) is 15.7 Å². The molecule has 0 atom stereocenters. The Labute approximate surface area is 128 Å². The summed E-state index contributed by atoms with van der Waals surface area (Å²) in [5, 5.41) is 22.7. The van der Waals surface area contributed by atoms with Gasteiger partial charge in [-0.1, -0.05) is 15.9 Å². The Morgan fingerprint density at radius 2 is 2.10 bits per heavy atom. The van der Waals surface area contributed by atoms with Crippen molar-refractivity contribution in [2.45, 2.75) is 6.54 Å². The Kier molecular flexibility index (Phi) is 4.50. The van der Waals surface area contributed by atoms with Crippen LogP contribution in [0.4, 0.5) is 15.8 Å². The molecule has 0 heterocycles. The molecule has 0 bridgehead atoms. The van der Waals surface area contributed by atoms with E-state index < -0.39 is 10.7 Å². The van der Waals surface area contributed by atoms with Crippen molar-refractivity contribution >= 4 is 27.3 Å². The van der Waals surface area contributed by atoms with Gasteiger partial charge in [-0.15, -0.1) is 0 Å². The van der Waals surface area contributed by atoms with E-state index in [0.717, 1.165) is 6.07 Å². The van der Waals surface area contributed by atoms with Crippen molar-refractivity contribution in [1.82, 2.24) is 0 Å². The fraction of sp³-hybridized carbons (Fsp3) is 0.0714.